The molecule has 0 bridgehead atoms. The minimum absolute atomic E-state index is 0.218. The minimum atomic E-state index is 0.218. The summed E-state index contributed by atoms with van der Waals surface area (Å²) >= 11 is 0. The standard InChI is InChI=1S/C15H27N3O/c1-15(2)12(11-7-8-19-13(11)15)18-14(16-3)17-9-10-5-4-6-10/h10-13H,4-9H2,1-3H3,(H2,16,17,18). The highest BCUT2D eigenvalue weighted by Gasteiger charge is 2.59. The van der Waals surface area contributed by atoms with Gasteiger partial charge in [0.05, 0.1) is 6.10 Å². The molecule has 0 aromatic rings. The Labute approximate surface area is 116 Å². The normalized spacial score (nSPS) is 37.2. The lowest BCUT2D eigenvalue weighted by Crippen LogP contribution is -2.68. The Bertz CT molecular complexity index is 362. The Morgan fingerprint density at radius 2 is 2.11 bits per heavy atom. The zero-order chi connectivity index (χ0) is 13.5. The lowest BCUT2D eigenvalue weighted by Gasteiger charge is -2.55. The van der Waals surface area contributed by atoms with Crippen LogP contribution >= 0.6 is 0 Å². The Kier molecular flexibility index (Phi) is 3.46. The molecule has 3 aliphatic rings. The Morgan fingerprint density at radius 3 is 2.74 bits per heavy atom. The lowest BCUT2D eigenvalue weighted by atomic mass is 9.57. The average Bonchev–Trinajstić information content (AvgIpc) is 2.77. The van der Waals surface area contributed by atoms with Crippen LogP contribution in [0.3, 0.4) is 0 Å². The SMILES string of the molecule is CN=C(NCC1CCC1)NC1C2CCOC2C1(C)C. The number of guanidine groups is 1. The van der Waals surface area contributed by atoms with E-state index in [0.29, 0.717) is 18.1 Å². The van der Waals surface area contributed by atoms with Gasteiger partial charge in [-0.25, -0.2) is 0 Å². The first-order valence-corrected chi connectivity index (χ1v) is 7.71. The van der Waals surface area contributed by atoms with E-state index in [1.165, 1.54) is 25.7 Å². The van der Waals surface area contributed by atoms with E-state index in [9.17, 15) is 0 Å². The van der Waals surface area contributed by atoms with Gasteiger partial charge in [0.2, 0.25) is 0 Å². The maximum absolute atomic E-state index is 5.84. The van der Waals surface area contributed by atoms with Crippen molar-refractivity contribution in [3.63, 3.8) is 0 Å². The second kappa shape index (κ2) is 4.97. The van der Waals surface area contributed by atoms with Crippen LogP contribution in [0.5, 0.6) is 0 Å². The van der Waals surface area contributed by atoms with Crippen molar-refractivity contribution >= 4 is 5.96 Å². The molecule has 108 valence electrons. The smallest absolute Gasteiger partial charge is 0.191 e. The lowest BCUT2D eigenvalue weighted by molar-refractivity contribution is -0.106. The van der Waals surface area contributed by atoms with E-state index in [-0.39, 0.29) is 5.41 Å². The van der Waals surface area contributed by atoms with E-state index in [1.54, 1.807) is 0 Å². The molecule has 2 aliphatic carbocycles. The molecular formula is C15H27N3O. The second-order valence-electron chi connectivity index (χ2n) is 6.94. The van der Waals surface area contributed by atoms with E-state index in [1.807, 2.05) is 7.05 Å². The zero-order valence-corrected chi connectivity index (χ0v) is 12.4. The summed E-state index contributed by atoms with van der Waals surface area (Å²) in [6.45, 7) is 6.59. The number of nitrogens with zero attached hydrogens (tertiary/aromatic N) is 1. The summed E-state index contributed by atoms with van der Waals surface area (Å²) in [5.74, 6) is 2.49. The fourth-order valence-corrected chi connectivity index (χ4v) is 3.90. The molecule has 19 heavy (non-hydrogen) atoms. The van der Waals surface area contributed by atoms with Crippen LogP contribution in [0.25, 0.3) is 0 Å². The van der Waals surface area contributed by atoms with E-state index < -0.39 is 0 Å². The molecule has 0 spiro atoms. The molecule has 1 saturated heterocycles. The van der Waals surface area contributed by atoms with Crippen molar-refractivity contribution in [2.24, 2.45) is 22.2 Å². The van der Waals surface area contributed by atoms with Gasteiger partial charge in [-0.3, -0.25) is 4.99 Å². The van der Waals surface area contributed by atoms with E-state index in [2.05, 4.69) is 29.5 Å². The fourth-order valence-electron chi connectivity index (χ4n) is 3.90. The van der Waals surface area contributed by atoms with Crippen LogP contribution in [-0.4, -0.2) is 38.3 Å². The third kappa shape index (κ3) is 2.24. The van der Waals surface area contributed by atoms with Gasteiger partial charge >= 0.3 is 0 Å². The molecule has 3 fully saturated rings. The van der Waals surface area contributed by atoms with Crippen LogP contribution < -0.4 is 10.6 Å². The molecule has 4 heteroatoms. The maximum Gasteiger partial charge on any atom is 0.191 e. The van der Waals surface area contributed by atoms with Gasteiger partial charge in [0, 0.05) is 37.6 Å². The van der Waals surface area contributed by atoms with Crippen LogP contribution in [0.4, 0.5) is 0 Å². The molecule has 2 N–H and O–H groups in total. The number of rotatable bonds is 3. The number of nitrogens with one attached hydrogen (secondary N) is 2. The molecule has 1 aliphatic heterocycles. The van der Waals surface area contributed by atoms with E-state index >= 15 is 0 Å². The predicted octanol–water partition coefficient (Wildman–Crippen LogP) is 1.76. The van der Waals surface area contributed by atoms with Gasteiger partial charge in [0.25, 0.3) is 0 Å². The zero-order valence-electron chi connectivity index (χ0n) is 12.4. The van der Waals surface area contributed by atoms with Crippen molar-refractivity contribution in [1.29, 1.82) is 0 Å². The van der Waals surface area contributed by atoms with Gasteiger partial charge in [0.1, 0.15) is 0 Å². The minimum Gasteiger partial charge on any atom is -0.377 e. The molecule has 0 aromatic carbocycles. The van der Waals surface area contributed by atoms with Gasteiger partial charge in [-0.05, 0) is 25.2 Å². The second-order valence-corrected chi connectivity index (χ2v) is 6.94. The first kappa shape index (κ1) is 13.2. The molecule has 2 saturated carbocycles. The molecule has 3 atom stereocenters. The molecule has 0 aromatic heterocycles. The quantitative estimate of drug-likeness (QED) is 0.604. The number of fused-ring (bicyclic) bond motifs is 1. The van der Waals surface area contributed by atoms with Crippen LogP contribution in [0.1, 0.15) is 39.5 Å². The molecule has 0 amide bonds. The van der Waals surface area contributed by atoms with Crippen LogP contribution in [0, 0.1) is 17.3 Å². The summed E-state index contributed by atoms with van der Waals surface area (Å²) in [6.07, 6.45) is 5.77. The summed E-state index contributed by atoms with van der Waals surface area (Å²) < 4.78 is 5.84. The molecule has 4 nitrogen and oxygen atoms in total. The van der Waals surface area contributed by atoms with Gasteiger partial charge in [-0.2, -0.15) is 0 Å². The summed E-state index contributed by atoms with van der Waals surface area (Å²) in [6, 6.07) is 0.493. The Hall–Kier alpha value is -0.770. The molecule has 1 heterocycles. The maximum atomic E-state index is 5.84. The summed E-state index contributed by atoms with van der Waals surface area (Å²) in [5.41, 5.74) is 0.218. The van der Waals surface area contributed by atoms with Gasteiger partial charge in [0.15, 0.2) is 5.96 Å². The first-order chi connectivity index (χ1) is 9.13. The highest BCUT2D eigenvalue weighted by atomic mass is 16.5. The monoisotopic (exact) mass is 265 g/mol. The van der Waals surface area contributed by atoms with Gasteiger partial charge in [-0.15, -0.1) is 0 Å². The van der Waals surface area contributed by atoms with Crippen LogP contribution in [0.2, 0.25) is 0 Å². The predicted molar refractivity (Wildman–Crippen MR) is 77.3 cm³/mol. The largest absolute Gasteiger partial charge is 0.377 e. The number of aliphatic imine (C=N–C) groups is 1. The van der Waals surface area contributed by atoms with Crippen molar-refractivity contribution in [2.45, 2.75) is 51.7 Å². The van der Waals surface area contributed by atoms with Crippen molar-refractivity contribution in [3.8, 4) is 0 Å². The van der Waals surface area contributed by atoms with Crippen LogP contribution in [-0.2, 0) is 4.74 Å². The topological polar surface area (TPSA) is 45.7 Å². The third-order valence-electron chi connectivity index (χ3n) is 5.40. The highest BCUT2D eigenvalue weighted by molar-refractivity contribution is 5.80. The fraction of sp³-hybridized carbons (Fsp3) is 0.933. The van der Waals surface area contributed by atoms with Crippen LogP contribution in [0.15, 0.2) is 4.99 Å². The summed E-state index contributed by atoms with van der Waals surface area (Å²) in [7, 11) is 1.87. The average molecular weight is 265 g/mol. The van der Waals surface area contributed by atoms with E-state index in [4.69, 9.17) is 4.74 Å². The number of hydrogen-bond donors (Lipinski definition) is 2. The number of ether oxygens (including phenoxy) is 1. The summed E-state index contributed by atoms with van der Waals surface area (Å²) in [4.78, 5) is 4.37. The van der Waals surface area contributed by atoms with Crippen molar-refractivity contribution < 1.29 is 4.74 Å². The molecule has 0 radical (unpaired) electrons. The molecule has 3 unspecified atom stereocenters. The highest BCUT2D eigenvalue weighted by Crippen LogP contribution is 2.52. The molecule has 3 rings (SSSR count). The third-order valence-corrected chi connectivity index (χ3v) is 5.40. The summed E-state index contributed by atoms with van der Waals surface area (Å²) in [5, 5.41) is 7.11. The molecular weight excluding hydrogens is 238 g/mol. The van der Waals surface area contributed by atoms with Gasteiger partial charge < -0.3 is 15.4 Å². The van der Waals surface area contributed by atoms with Crippen molar-refractivity contribution in [2.75, 3.05) is 20.2 Å². The first-order valence-electron chi connectivity index (χ1n) is 7.71. The Morgan fingerprint density at radius 1 is 1.32 bits per heavy atom. The number of hydrogen-bond acceptors (Lipinski definition) is 2. The van der Waals surface area contributed by atoms with Crippen molar-refractivity contribution in [3.05, 3.63) is 0 Å². The van der Waals surface area contributed by atoms with E-state index in [0.717, 1.165) is 25.0 Å². The Balaban J connectivity index is 1.54. The van der Waals surface area contributed by atoms with Crippen molar-refractivity contribution in [1.82, 2.24) is 10.6 Å². The van der Waals surface area contributed by atoms with Gasteiger partial charge in [-0.1, -0.05) is 20.3 Å².